The highest BCUT2D eigenvalue weighted by Gasteiger charge is 2.42. The first-order valence-corrected chi connectivity index (χ1v) is 9.59. The fourth-order valence-corrected chi connectivity index (χ4v) is 2.71. The molecule has 0 aliphatic heterocycles. The van der Waals surface area contributed by atoms with E-state index in [0.29, 0.717) is 10.7 Å². The van der Waals surface area contributed by atoms with Crippen molar-refractivity contribution in [3.63, 3.8) is 0 Å². The fraction of sp³-hybridized carbons (Fsp3) is 0.263. The van der Waals surface area contributed by atoms with Gasteiger partial charge in [-0.2, -0.15) is 18.2 Å². The molecule has 0 spiro atoms. The molecule has 2 rings (SSSR count). The Kier molecular flexibility index (Phi) is 8.24. The molecule has 168 valence electrons. The van der Waals surface area contributed by atoms with Crippen LogP contribution in [0.25, 0.3) is 0 Å². The van der Waals surface area contributed by atoms with Crippen molar-refractivity contribution in [2.24, 2.45) is 22.4 Å². The van der Waals surface area contributed by atoms with Crippen molar-refractivity contribution in [1.29, 1.82) is 0 Å². The number of carbonyl (C=O) groups is 1. The number of nitrogens with zero attached hydrogens (tertiary/aromatic N) is 1. The van der Waals surface area contributed by atoms with Crippen LogP contribution in [-0.2, 0) is 0 Å². The summed E-state index contributed by atoms with van der Waals surface area (Å²) < 4.78 is 52.4. The predicted molar refractivity (Wildman–Crippen MR) is 113 cm³/mol. The Morgan fingerprint density at radius 3 is 2.39 bits per heavy atom. The molecule has 0 fully saturated rings. The molecule has 0 bridgehead atoms. The quantitative estimate of drug-likeness (QED) is 0.223. The molecular formula is C19H19Cl2F4N5O. The largest absolute Gasteiger partial charge is 0.404 e. The van der Waals surface area contributed by atoms with Gasteiger partial charge in [-0.15, -0.1) is 0 Å². The number of alkyl halides is 3. The lowest BCUT2D eigenvalue weighted by atomic mass is 9.99. The van der Waals surface area contributed by atoms with E-state index in [9.17, 15) is 22.4 Å². The second kappa shape index (κ2) is 10.3. The Morgan fingerprint density at radius 2 is 1.81 bits per heavy atom. The van der Waals surface area contributed by atoms with Crippen LogP contribution in [0, 0.1) is 11.7 Å². The van der Waals surface area contributed by atoms with Gasteiger partial charge >= 0.3 is 6.18 Å². The molecule has 0 saturated carbocycles. The number of guanidine groups is 1. The third-order valence-corrected chi connectivity index (χ3v) is 4.82. The van der Waals surface area contributed by atoms with Gasteiger partial charge in [-0.1, -0.05) is 36.2 Å². The van der Waals surface area contributed by atoms with Crippen molar-refractivity contribution < 1.29 is 22.4 Å². The number of amides is 1. The van der Waals surface area contributed by atoms with Gasteiger partial charge in [0.2, 0.25) is 5.96 Å². The van der Waals surface area contributed by atoms with Gasteiger partial charge in [0.15, 0.2) is 0 Å². The highest BCUT2D eigenvalue weighted by atomic mass is 35.5. The first kappa shape index (κ1) is 24.9. The molecular weight excluding hydrogens is 461 g/mol. The van der Waals surface area contributed by atoms with Crippen molar-refractivity contribution in [3.8, 4) is 0 Å². The molecule has 0 heterocycles. The summed E-state index contributed by atoms with van der Waals surface area (Å²) in [5, 5.41) is 5.41. The normalized spacial score (nSPS) is 15.2. The molecule has 12 heteroatoms. The maximum Gasteiger partial charge on any atom is 0.404 e. The number of halogens is 6. The number of hydrogen-bond donors (Lipinski definition) is 4. The maximum atomic E-state index is 13.7. The van der Waals surface area contributed by atoms with Crippen LogP contribution in [-0.4, -0.2) is 30.3 Å². The van der Waals surface area contributed by atoms with Crippen LogP contribution < -0.4 is 22.1 Å². The van der Waals surface area contributed by atoms with Crippen molar-refractivity contribution >= 4 is 40.8 Å². The van der Waals surface area contributed by atoms with E-state index in [1.54, 1.807) is 18.2 Å². The van der Waals surface area contributed by atoms with Crippen LogP contribution >= 0.6 is 23.2 Å². The molecule has 0 aromatic heterocycles. The van der Waals surface area contributed by atoms with Gasteiger partial charge in [0.1, 0.15) is 11.9 Å². The van der Waals surface area contributed by atoms with Crippen LogP contribution in [0.4, 0.5) is 23.2 Å². The first-order valence-electron chi connectivity index (χ1n) is 8.83. The SMILES string of the molecule is CC(C(N)N/C(=N\C(=O)c1ccc(Cl)c(F)c1)Nc1cccc(Cl)c1)C(N)C(F)(F)F. The monoisotopic (exact) mass is 479 g/mol. The fourth-order valence-electron chi connectivity index (χ4n) is 2.41. The van der Waals surface area contributed by atoms with E-state index >= 15 is 0 Å². The molecule has 6 N–H and O–H groups in total. The second-order valence-corrected chi connectivity index (χ2v) is 7.47. The Morgan fingerprint density at radius 1 is 1.13 bits per heavy atom. The van der Waals surface area contributed by atoms with Gasteiger partial charge in [-0.3, -0.25) is 4.79 Å². The zero-order valence-electron chi connectivity index (χ0n) is 16.1. The molecule has 0 aliphatic rings. The summed E-state index contributed by atoms with van der Waals surface area (Å²) in [6, 6.07) is 7.34. The van der Waals surface area contributed by atoms with Crippen LogP contribution in [0.2, 0.25) is 10.0 Å². The lowest BCUT2D eigenvalue weighted by Gasteiger charge is -2.29. The van der Waals surface area contributed by atoms with E-state index in [0.717, 1.165) is 6.07 Å². The molecule has 2 aromatic carbocycles. The van der Waals surface area contributed by atoms with E-state index < -0.39 is 36.0 Å². The van der Waals surface area contributed by atoms with Gasteiger partial charge in [0.25, 0.3) is 5.91 Å². The van der Waals surface area contributed by atoms with Crippen LogP contribution in [0.3, 0.4) is 0 Å². The summed E-state index contributed by atoms with van der Waals surface area (Å²) in [7, 11) is 0. The standard InChI is InChI=1S/C19H19Cl2F4N5O/c1-9(15(26)19(23,24)25)16(27)29-18(28-12-4-2-3-11(20)8-12)30-17(31)10-5-6-13(21)14(22)7-10/h2-9,15-16H,26-27H2,1H3,(H2,28,29,30,31). The van der Waals surface area contributed by atoms with Crippen molar-refractivity contribution in [2.75, 3.05) is 5.32 Å². The maximum absolute atomic E-state index is 13.7. The predicted octanol–water partition coefficient (Wildman–Crippen LogP) is 4.14. The number of rotatable bonds is 5. The molecule has 1 amide bonds. The highest BCUT2D eigenvalue weighted by Crippen LogP contribution is 2.24. The first-order chi connectivity index (χ1) is 14.4. The van der Waals surface area contributed by atoms with Crippen LogP contribution in [0.15, 0.2) is 47.5 Å². The van der Waals surface area contributed by atoms with E-state index in [4.69, 9.17) is 34.7 Å². The molecule has 2 aromatic rings. The highest BCUT2D eigenvalue weighted by molar-refractivity contribution is 6.31. The topological polar surface area (TPSA) is 106 Å². The number of nitrogens with two attached hydrogens (primary N) is 2. The Hall–Kier alpha value is -2.40. The molecule has 6 nitrogen and oxygen atoms in total. The number of nitrogens with one attached hydrogen (secondary N) is 2. The zero-order chi connectivity index (χ0) is 23.3. The van der Waals surface area contributed by atoms with E-state index in [-0.39, 0.29) is 16.5 Å². The Bertz CT molecular complexity index is 971. The summed E-state index contributed by atoms with van der Waals surface area (Å²) in [4.78, 5) is 16.3. The second-order valence-electron chi connectivity index (χ2n) is 6.63. The number of carbonyl (C=O) groups excluding carboxylic acids is 1. The van der Waals surface area contributed by atoms with Gasteiger partial charge in [0, 0.05) is 22.2 Å². The van der Waals surface area contributed by atoms with Gasteiger partial charge < -0.3 is 22.1 Å². The Labute approximate surface area is 185 Å². The lowest BCUT2D eigenvalue weighted by Crippen LogP contribution is -2.56. The number of hydrogen-bond acceptors (Lipinski definition) is 3. The number of aliphatic imine (C=N–C) groups is 1. The summed E-state index contributed by atoms with van der Waals surface area (Å²) >= 11 is 11.5. The van der Waals surface area contributed by atoms with E-state index in [2.05, 4.69) is 15.6 Å². The third-order valence-electron chi connectivity index (χ3n) is 4.28. The molecule has 0 aliphatic carbocycles. The third kappa shape index (κ3) is 7.06. The lowest BCUT2D eigenvalue weighted by molar-refractivity contribution is -0.159. The minimum Gasteiger partial charge on any atom is -0.340 e. The molecule has 3 atom stereocenters. The smallest absolute Gasteiger partial charge is 0.340 e. The minimum absolute atomic E-state index is 0.136. The van der Waals surface area contributed by atoms with E-state index in [1.807, 2.05) is 0 Å². The van der Waals surface area contributed by atoms with Crippen molar-refractivity contribution in [2.45, 2.75) is 25.3 Å². The average molecular weight is 480 g/mol. The molecule has 0 saturated heterocycles. The van der Waals surface area contributed by atoms with Crippen molar-refractivity contribution in [1.82, 2.24) is 5.32 Å². The number of benzene rings is 2. The molecule has 31 heavy (non-hydrogen) atoms. The summed E-state index contributed by atoms with van der Waals surface area (Å²) in [5.41, 5.74) is 11.3. The Balaban J connectivity index is 2.32. The number of anilines is 1. The zero-order valence-corrected chi connectivity index (χ0v) is 17.6. The summed E-state index contributed by atoms with van der Waals surface area (Å²) in [5.74, 6) is -3.29. The van der Waals surface area contributed by atoms with Gasteiger partial charge in [0.05, 0.1) is 11.2 Å². The van der Waals surface area contributed by atoms with Gasteiger partial charge in [-0.25, -0.2) is 4.39 Å². The van der Waals surface area contributed by atoms with Gasteiger partial charge in [-0.05, 0) is 36.4 Å². The van der Waals surface area contributed by atoms with Crippen molar-refractivity contribution in [3.05, 3.63) is 63.9 Å². The minimum atomic E-state index is -4.67. The molecule has 3 unspecified atom stereocenters. The van der Waals surface area contributed by atoms with Crippen LogP contribution in [0.5, 0.6) is 0 Å². The van der Waals surface area contributed by atoms with E-state index in [1.165, 1.54) is 25.1 Å². The molecule has 0 radical (unpaired) electrons. The summed E-state index contributed by atoms with van der Waals surface area (Å²) in [6.07, 6.45) is -6.01. The average Bonchev–Trinajstić information content (AvgIpc) is 2.68. The van der Waals surface area contributed by atoms with Crippen LogP contribution in [0.1, 0.15) is 17.3 Å². The summed E-state index contributed by atoms with van der Waals surface area (Å²) in [6.45, 7) is 1.20.